The van der Waals surface area contributed by atoms with Gasteiger partial charge >= 0.3 is 0 Å². The average Bonchev–Trinajstić information content (AvgIpc) is 3.25. The van der Waals surface area contributed by atoms with E-state index in [1.165, 1.54) is 4.88 Å². The van der Waals surface area contributed by atoms with Crippen molar-refractivity contribution in [1.82, 2.24) is 4.98 Å². The van der Waals surface area contributed by atoms with Gasteiger partial charge in [-0.15, -0.1) is 11.3 Å². The minimum absolute atomic E-state index is 0.383. The predicted molar refractivity (Wildman–Crippen MR) is 111 cm³/mol. The molecule has 2 aromatic carbocycles. The van der Waals surface area contributed by atoms with Gasteiger partial charge in [-0.3, -0.25) is 4.79 Å². The first-order valence-electron chi connectivity index (χ1n) is 8.98. The number of thiophene rings is 1. The van der Waals surface area contributed by atoms with E-state index >= 15 is 0 Å². The maximum Gasteiger partial charge on any atom is 0.252 e. The number of aromatic nitrogens is 1. The third-order valence-corrected chi connectivity index (χ3v) is 6.29. The molecule has 4 nitrogen and oxygen atoms in total. The molecule has 1 aliphatic carbocycles. The van der Waals surface area contributed by atoms with Gasteiger partial charge in [-0.2, -0.15) is 0 Å². The van der Waals surface area contributed by atoms with E-state index in [0.29, 0.717) is 5.56 Å². The van der Waals surface area contributed by atoms with Gasteiger partial charge in [0.25, 0.3) is 5.91 Å². The van der Waals surface area contributed by atoms with E-state index in [0.717, 1.165) is 57.2 Å². The van der Waals surface area contributed by atoms with Crippen molar-refractivity contribution in [3.05, 3.63) is 70.1 Å². The molecule has 0 radical (unpaired) electrons. The van der Waals surface area contributed by atoms with Crippen LogP contribution in [0.15, 0.2) is 53.5 Å². The third-order valence-electron chi connectivity index (χ3n) is 5.09. The van der Waals surface area contributed by atoms with E-state index in [2.05, 4.69) is 12.1 Å². The number of hydrogen-bond donors (Lipinski definition) is 1. The van der Waals surface area contributed by atoms with E-state index in [4.69, 9.17) is 15.7 Å². The Morgan fingerprint density at radius 3 is 2.37 bits per heavy atom. The lowest BCUT2D eigenvalue weighted by atomic mass is 10.0. The molecule has 0 fully saturated rings. The zero-order chi connectivity index (χ0) is 18.4. The van der Waals surface area contributed by atoms with Crippen LogP contribution in [-0.2, 0) is 12.8 Å². The van der Waals surface area contributed by atoms with Crippen molar-refractivity contribution in [3.63, 3.8) is 0 Å². The summed E-state index contributed by atoms with van der Waals surface area (Å²) in [5.41, 5.74) is 10.2. The number of nitrogens with two attached hydrogens (primary N) is 1. The molecule has 0 bridgehead atoms. The van der Waals surface area contributed by atoms with E-state index in [1.54, 1.807) is 11.3 Å². The van der Waals surface area contributed by atoms with Crippen LogP contribution in [0, 0.1) is 0 Å². The molecule has 5 rings (SSSR count). The fourth-order valence-electron chi connectivity index (χ4n) is 3.87. The number of rotatable bonds is 3. The van der Waals surface area contributed by atoms with Crippen molar-refractivity contribution in [2.45, 2.75) is 19.3 Å². The van der Waals surface area contributed by atoms with Crippen LogP contribution in [0.4, 0.5) is 5.00 Å². The topological polar surface area (TPSA) is 68.3 Å². The number of benzene rings is 2. The van der Waals surface area contributed by atoms with Crippen molar-refractivity contribution in [3.8, 4) is 0 Å². The van der Waals surface area contributed by atoms with Gasteiger partial charge in [0, 0.05) is 27.4 Å². The number of nitrogens with zero attached hydrogens (tertiary/aromatic N) is 2. The number of hydrogen-bond acceptors (Lipinski definition) is 4. The Hall–Kier alpha value is -3.05. The molecule has 2 aromatic heterocycles. The molecule has 2 heterocycles. The number of pyridine rings is 1. The Morgan fingerprint density at radius 2 is 1.70 bits per heavy atom. The van der Waals surface area contributed by atoms with E-state index in [-0.39, 0.29) is 5.91 Å². The van der Waals surface area contributed by atoms with Crippen LogP contribution >= 0.6 is 11.3 Å². The van der Waals surface area contributed by atoms with Gasteiger partial charge in [0.1, 0.15) is 5.00 Å². The largest absolute Gasteiger partial charge is 0.365 e. The summed E-state index contributed by atoms with van der Waals surface area (Å²) in [5.74, 6) is -0.383. The highest BCUT2D eigenvalue weighted by Crippen LogP contribution is 2.40. The van der Waals surface area contributed by atoms with Gasteiger partial charge in [-0.1, -0.05) is 36.4 Å². The number of para-hydroxylation sites is 2. The van der Waals surface area contributed by atoms with E-state index < -0.39 is 0 Å². The normalized spacial score (nSPS) is 13.6. The van der Waals surface area contributed by atoms with Gasteiger partial charge < -0.3 is 5.73 Å². The Morgan fingerprint density at radius 1 is 1.04 bits per heavy atom. The highest BCUT2D eigenvalue weighted by molar-refractivity contribution is 7.16. The number of aliphatic imine (C=N–C) groups is 1. The number of carbonyl (C=O) groups is 1. The molecule has 0 spiro atoms. The number of fused-ring (bicyclic) bond motifs is 3. The molecule has 0 aliphatic heterocycles. The van der Waals surface area contributed by atoms with Crippen LogP contribution in [0.2, 0.25) is 0 Å². The monoisotopic (exact) mass is 371 g/mol. The molecule has 27 heavy (non-hydrogen) atoms. The van der Waals surface area contributed by atoms with Crippen molar-refractivity contribution in [1.29, 1.82) is 0 Å². The van der Waals surface area contributed by atoms with E-state index in [1.807, 2.05) is 42.6 Å². The van der Waals surface area contributed by atoms with Crippen LogP contribution in [0.25, 0.3) is 21.8 Å². The molecule has 0 saturated carbocycles. The molecular weight excluding hydrogens is 354 g/mol. The number of aryl methyl sites for hydroxylation is 1. The summed E-state index contributed by atoms with van der Waals surface area (Å²) in [6.45, 7) is 0. The lowest BCUT2D eigenvalue weighted by Gasteiger charge is -2.07. The van der Waals surface area contributed by atoms with Gasteiger partial charge in [-0.05, 0) is 37.0 Å². The molecule has 132 valence electrons. The molecular formula is C22H17N3OS. The van der Waals surface area contributed by atoms with Crippen LogP contribution < -0.4 is 5.73 Å². The molecule has 0 saturated heterocycles. The lowest BCUT2D eigenvalue weighted by molar-refractivity contribution is 0.100. The highest BCUT2D eigenvalue weighted by atomic mass is 32.1. The standard InChI is InChI=1S/C22H17N3OS/c23-21(26)20-15-8-5-11-19(15)27-22(20)24-12-16-13-6-1-3-9-17(13)25-18-10-4-2-7-14(16)18/h1-4,6-7,9-10,12H,5,8,11H2,(H2,23,26)/b24-12+. The van der Waals surface area contributed by atoms with Crippen molar-refractivity contribution in [2.75, 3.05) is 0 Å². The van der Waals surface area contributed by atoms with E-state index in [9.17, 15) is 4.79 Å². The lowest BCUT2D eigenvalue weighted by Crippen LogP contribution is -2.12. The third kappa shape index (κ3) is 2.62. The minimum atomic E-state index is -0.383. The second-order valence-corrected chi connectivity index (χ2v) is 7.80. The second kappa shape index (κ2) is 6.28. The first-order valence-corrected chi connectivity index (χ1v) is 9.80. The van der Waals surface area contributed by atoms with Crippen LogP contribution in [0.5, 0.6) is 0 Å². The van der Waals surface area contributed by atoms with Gasteiger partial charge in [-0.25, -0.2) is 9.98 Å². The predicted octanol–water partition coefficient (Wildman–Crippen LogP) is 4.79. The molecule has 2 N–H and O–H groups in total. The molecule has 5 heteroatoms. The van der Waals surface area contributed by atoms with Crippen LogP contribution in [0.3, 0.4) is 0 Å². The minimum Gasteiger partial charge on any atom is -0.365 e. The first-order chi connectivity index (χ1) is 13.2. The maximum absolute atomic E-state index is 12.0. The Kier molecular flexibility index (Phi) is 3.76. The second-order valence-electron chi connectivity index (χ2n) is 6.72. The summed E-state index contributed by atoms with van der Waals surface area (Å²) >= 11 is 1.59. The van der Waals surface area contributed by atoms with Gasteiger partial charge in [0.05, 0.1) is 16.6 Å². The number of amides is 1. The van der Waals surface area contributed by atoms with Crippen molar-refractivity contribution >= 4 is 50.3 Å². The summed E-state index contributed by atoms with van der Waals surface area (Å²) in [6, 6.07) is 16.1. The summed E-state index contributed by atoms with van der Waals surface area (Å²) in [6.07, 6.45) is 4.88. The maximum atomic E-state index is 12.0. The Balaban J connectivity index is 1.72. The SMILES string of the molecule is NC(=O)c1c(/N=C/c2c3ccccc3nc3ccccc23)sc2c1CCC2. The fourth-order valence-corrected chi connectivity index (χ4v) is 5.11. The molecule has 1 amide bonds. The zero-order valence-corrected chi connectivity index (χ0v) is 15.4. The molecule has 0 unspecified atom stereocenters. The van der Waals surface area contributed by atoms with Gasteiger partial charge in [0.15, 0.2) is 0 Å². The smallest absolute Gasteiger partial charge is 0.252 e. The molecule has 1 aliphatic rings. The van der Waals surface area contributed by atoms with Crippen molar-refractivity contribution in [2.24, 2.45) is 10.7 Å². The molecule has 4 aromatic rings. The summed E-state index contributed by atoms with van der Waals surface area (Å²) in [5, 5.41) is 2.81. The van der Waals surface area contributed by atoms with Crippen LogP contribution in [0.1, 0.15) is 32.8 Å². The quantitative estimate of drug-likeness (QED) is 0.416. The van der Waals surface area contributed by atoms with Gasteiger partial charge in [0.2, 0.25) is 0 Å². The Labute approximate surface area is 160 Å². The van der Waals surface area contributed by atoms with Crippen LogP contribution in [-0.4, -0.2) is 17.1 Å². The fraction of sp³-hybridized carbons (Fsp3) is 0.136. The summed E-state index contributed by atoms with van der Waals surface area (Å²) in [7, 11) is 0. The summed E-state index contributed by atoms with van der Waals surface area (Å²) in [4.78, 5) is 22.7. The highest BCUT2D eigenvalue weighted by Gasteiger charge is 2.24. The zero-order valence-electron chi connectivity index (χ0n) is 14.6. The molecule has 0 atom stereocenters. The number of primary amides is 1. The Bertz CT molecular complexity index is 1190. The number of carbonyl (C=O) groups excluding carboxylic acids is 1. The van der Waals surface area contributed by atoms with Crippen molar-refractivity contribution < 1.29 is 4.79 Å². The summed E-state index contributed by atoms with van der Waals surface area (Å²) < 4.78 is 0. The average molecular weight is 371 g/mol. The first kappa shape index (κ1) is 16.1.